The number of alkyl carbamates (subject to hydrolysis) is 1. The van der Waals surface area contributed by atoms with E-state index in [0.29, 0.717) is 23.5 Å². The number of rotatable bonds is 7. The third kappa shape index (κ3) is 7.83. The molecule has 160 valence electrons. The summed E-state index contributed by atoms with van der Waals surface area (Å²) < 4.78 is 10.2. The summed E-state index contributed by atoms with van der Waals surface area (Å²) in [7, 11) is 1.54. The monoisotopic (exact) mass is 413 g/mol. The largest absolute Gasteiger partial charge is 0.497 e. The van der Waals surface area contributed by atoms with E-state index in [1.54, 1.807) is 76.4 Å². The summed E-state index contributed by atoms with van der Waals surface area (Å²) in [5.41, 5.74) is 1.34. The summed E-state index contributed by atoms with van der Waals surface area (Å²) in [6, 6.07) is 14.0. The predicted molar refractivity (Wildman–Crippen MR) is 113 cm³/mol. The number of carbonyl (C=O) groups excluding carboxylic acids is 3. The lowest BCUT2D eigenvalue weighted by atomic mass is 10.1. The van der Waals surface area contributed by atoms with Gasteiger partial charge in [-0.1, -0.05) is 18.2 Å². The molecule has 0 atom stereocenters. The van der Waals surface area contributed by atoms with Crippen LogP contribution in [0.2, 0.25) is 0 Å². The van der Waals surface area contributed by atoms with E-state index < -0.39 is 11.7 Å². The topological polar surface area (TPSA) is 106 Å². The number of anilines is 1. The first-order valence-electron chi connectivity index (χ1n) is 9.44. The highest BCUT2D eigenvalue weighted by atomic mass is 16.6. The summed E-state index contributed by atoms with van der Waals surface area (Å²) in [6.07, 6.45) is -0.645. The van der Waals surface area contributed by atoms with E-state index in [4.69, 9.17) is 9.47 Å². The van der Waals surface area contributed by atoms with Crippen molar-refractivity contribution in [3.05, 3.63) is 59.7 Å². The molecule has 3 amide bonds. The lowest BCUT2D eigenvalue weighted by Crippen LogP contribution is -2.39. The second-order valence-corrected chi connectivity index (χ2v) is 7.52. The Balaban J connectivity index is 1.79. The zero-order valence-corrected chi connectivity index (χ0v) is 17.6. The summed E-state index contributed by atoms with van der Waals surface area (Å²) >= 11 is 0. The highest BCUT2D eigenvalue weighted by Gasteiger charge is 2.16. The molecule has 0 saturated carbocycles. The standard InChI is InChI=1S/C22H27N3O5/c1-22(2,3)30-21(28)24-14-19(26)23-13-15-8-10-17(11-9-15)25-20(27)16-6-5-7-18(12-16)29-4/h5-12H,13-14H2,1-4H3,(H,23,26)(H,24,28)(H,25,27). The van der Waals surface area contributed by atoms with Crippen LogP contribution in [0.15, 0.2) is 48.5 Å². The van der Waals surface area contributed by atoms with Crippen LogP contribution in [0.5, 0.6) is 5.75 Å². The van der Waals surface area contributed by atoms with Gasteiger partial charge in [-0.15, -0.1) is 0 Å². The molecular weight excluding hydrogens is 386 g/mol. The number of hydrogen-bond donors (Lipinski definition) is 3. The lowest BCUT2D eigenvalue weighted by molar-refractivity contribution is -0.120. The molecule has 3 N–H and O–H groups in total. The van der Waals surface area contributed by atoms with Gasteiger partial charge in [-0.25, -0.2) is 4.79 Å². The predicted octanol–water partition coefficient (Wildman–Crippen LogP) is 3.09. The Morgan fingerprint density at radius 1 is 0.967 bits per heavy atom. The van der Waals surface area contributed by atoms with E-state index in [1.165, 1.54) is 0 Å². The van der Waals surface area contributed by atoms with Crippen LogP contribution in [0, 0.1) is 0 Å². The van der Waals surface area contributed by atoms with Crippen LogP contribution in [0.1, 0.15) is 36.7 Å². The quantitative estimate of drug-likeness (QED) is 0.647. The number of hydrogen-bond acceptors (Lipinski definition) is 5. The van der Waals surface area contributed by atoms with Gasteiger partial charge in [0.05, 0.1) is 7.11 Å². The van der Waals surface area contributed by atoms with E-state index in [-0.39, 0.29) is 18.4 Å². The Morgan fingerprint density at radius 3 is 2.30 bits per heavy atom. The van der Waals surface area contributed by atoms with E-state index in [2.05, 4.69) is 16.0 Å². The Kier molecular flexibility index (Phi) is 7.80. The van der Waals surface area contributed by atoms with Gasteiger partial charge in [-0.2, -0.15) is 0 Å². The number of ether oxygens (including phenoxy) is 2. The smallest absolute Gasteiger partial charge is 0.408 e. The lowest BCUT2D eigenvalue weighted by Gasteiger charge is -2.19. The van der Waals surface area contributed by atoms with Gasteiger partial charge < -0.3 is 25.4 Å². The summed E-state index contributed by atoms with van der Waals surface area (Å²) in [5, 5.41) is 7.92. The van der Waals surface area contributed by atoms with E-state index in [9.17, 15) is 14.4 Å². The number of benzene rings is 2. The highest BCUT2D eigenvalue weighted by molar-refractivity contribution is 6.04. The average Bonchev–Trinajstić information content (AvgIpc) is 2.70. The van der Waals surface area contributed by atoms with Crippen molar-refractivity contribution in [2.45, 2.75) is 32.9 Å². The maximum Gasteiger partial charge on any atom is 0.408 e. The van der Waals surface area contributed by atoms with Gasteiger partial charge in [0.15, 0.2) is 0 Å². The molecule has 8 heteroatoms. The third-order valence-electron chi connectivity index (χ3n) is 3.83. The normalized spacial score (nSPS) is 10.7. The molecule has 0 heterocycles. The second-order valence-electron chi connectivity index (χ2n) is 7.52. The molecule has 30 heavy (non-hydrogen) atoms. The van der Waals surface area contributed by atoms with Gasteiger partial charge in [0, 0.05) is 17.8 Å². The molecule has 2 aromatic rings. The van der Waals surface area contributed by atoms with Crippen molar-refractivity contribution in [3.63, 3.8) is 0 Å². The van der Waals surface area contributed by atoms with Crippen molar-refractivity contribution < 1.29 is 23.9 Å². The van der Waals surface area contributed by atoms with E-state index in [0.717, 1.165) is 5.56 Å². The minimum absolute atomic E-state index is 0.177. The maximum absolute atomic E-state index is 12.3. The van der Waals surface area contributed by atoms with E-state index in [1.807, 2.05) is 0 Å². The third-order valence-corrected chi connectivity index (χ3v) is 3.83. The van der Waals surface area contributed by atoms with Crippen LogP contribution in [-0.2, 0) is 16.1 Å². The Morgan fingerprint density at radius 2 is 1.67 bits per heavy atom. The van der Waals surface area contributed by atoms with Gasteiger partial charge in [0.2, 0.25) is 5.91 Å². The van der Waals surface area contributed by atoms with Crippen molar-refractivity contribution in [2.24, 2.45) is 0 Å². The molecule has 0 unspecified atom stereocenters. The molecule has 2 aromatic carbocycles. The first kappa shape index (κ1) is 22.7. The molecule has 8 nitrogen and oxygen atoms in total. The number of carbonyl (C=O) groups is 3. The highest BCUT2D eigenvalue weighted by Crippen LogP contribution is 2.15. The number of amides is 3. The second kappa shape index (κ2) is 10.3. The minimum atomic E-state index is -0.645. The molecule has 0 spiro atoms. The Labute approximate surface area is 175 Å². The first-order chi connectivity index (χ1) is 14.2. The van der Waals surface area contributed by atoms with Crippen molar-refractivity contribution in [3.8, 4) is 5.75 Å². The molecule has 0 aromatic heterocycles. The van der Waals surface area contributed by atoms with Crippen molar-refractivity contribution in [2.75, 3.05) is 19.0 Å². The minimum Gasteiger partial charge on any atom is -0.497 e. The number of methoxy groups -OCH3 is 1. The zero-order chi connectivity index (χ0) is 22.1. The fourth-order valence-corrected chi connectivity index (χ4v) is 2.40. The zero-order valence-electron chi connectivity index (χ0n) is 17.6. The SMILES string of the molecule is COc1cccc(C(=O)Nc2ccc(CNC(=O)CNC(=O)OC(C)(C)C)cc2)c1. The number of nitrogens with one attached hydrogen (secondary N) is 3. The summed E-state index contributed by atoms with van der Waals surface area (Å²) in [5.74, 6) is 0.0225. The van der Waals surface area contributed by atoms with Crippen LogP contribution in [0.3, 0.4) is 0 Å². The van der Waals surface area contributed by atoms with Gasteiger partial charge in [-0.05, 0) is 56.7 Å². The molecule has 2 rings (SSSR count). The first-order valence-corrected chi connectivity index (χ1v) is 9.44. The van der Waals surface area contributed by atoms with Gasteiger partial charge >= 0.3 is 6.09 Å². The maximum atomic E-state index is 12.3. The molecule has 0 saturated heterocycles. The van der Waals surface area contributed by atoms with Crippen LogP contribution in [-0.4, -0.2) is 37.2 Å². The molecule has 0 radical (unpaired) electrons. The van der Waals surface area contributed by atoms with Gasteiger partial charge in [-0.3, -0.25) is 9.59 Å². The molecule has 0 aliphatic carbocycles. The van der Waals surface area contributed by atoms with Crippen LogP contribution >= 0.6 is 0 Å². The molecule has 0 fully saturated rings. The molecular formula is C22H27N3O5. The molecule has 0 aliphatic heterocycles. The fraction of sp³-hybridized carbons (Fsp3) is 0.318. The van der Waals surface area contributed by atoms with Crippen molar-refractivity contribution in [1.82, 2.24) is 10.6 Å². The molecule has 0 aliphatic rings. The van der Waals surface area contributed by atoms with Crippen molar-refractivity contribution >= 4 is 23.6 Å². The van der Waals surface area contributed by atoms with E-state index >= 15 is 0 Å². The Bertz CT molecular complexity index is 888. The van der Waals surface area contributed by atoms with Crippen LogP contribution in [0.25, 0.3) is 0 Å². The average molecular weight is 413 g/mol. The summed E-state index contributed by atoms with van der Waals surface area (Å²) in [4.78, 5) is 35.7. The van der Waals surface area contributed by atoms with Gasteiger partial charge in [0.1, 0.15) is 17.9 Å². The Hall–Kier alpha value is -3.55. The summed E-state index contributed by atoms with van der Waals surface area (Å²) in [6.45, 7) is 5.35. The van der Waals surface area contributed by atoms with Crippen molar-refractivity contribution in [1.29, 1.82) is 0 Å². The van der Waals surface area contributed by atoms with Gasteiger partial charge in [0.25, 0.3) is 5.91 Å². The molecule has 0 bridgehead atoms. The van der Waals surface area contributed by atoms with Crippen LogP contribution in [0.4, 0.5) is 10.5 Å². The van der Waals surface area contributed by atoms with Crippen LogP contribution < -0.4 is 20.7 Å². The fourth-order valence-electron chi connectivity index (χ4n) is 2.40.